The standard InChI is InChI=1S/C16H33.3CH3.Ag.BrH.H3N/c1-3-5-7-9-11-13-15-16-14-12-10-8-6-4-2;;;;;;/h1,3-16H2,2H3;3*1H3;;1H;1H3/q4*-1;;;. The van der Waals surface area contributed by atoms with E-state index in [1.165, 1.54) is 83.5 Å². The van der Waals surface area contributed by atoms with Crippen LogP contribution in [0, 0.1) is 29.2 Å². The van der Waals surface area contributed by atoms with Crippen molar-refractivity contribution >= 4 is 17.0 Å². The first-order chi connectivity index (χ1) is 7.91. The molecule has 0 unspecified atom stereocenters. The number of unbranched alkanes of at least 4 members (excludes halogenated alkanes) is 13. The van der Waals surface area contributed by atoms with Crippen molar-refractivity contribution < 1.29 is 22.4 Å². The van der Waals surface area contributed by atoms with E-state index in [2.05, 4.69) is 13.8 Å². The fourth-order valence-corrected chi connectivity index (χ4v) is 2.19. The predicted molar refractivity (Wildman–Crippen MR) is 110 cm³/mol. The molecule has 0 amide bonds. The average molecular weight is 476 g/mol. The van der Waals surface area contributed by atoms with Crippen molar-refractivity contribution in [2.45, 2.75) is 96.8 Å². The normalized spacial score (nSPS) is 7.91. The Kier molecular flexibility index (Phi) is 85.5. The van der Waals surface area contributed by atoms with E-state index in [0.717, 1.165) is 6.42 Å². The summed E-state index contributed by atoms with van der Waals surface area (Å²) in [5.74, 6) is 0. The summed E-state index contributed by atoms with van der Waals surface area (Å²) in [5, 5.41) is 0. The van der Waals surface area contributed by atoms with Crippen molar-refractivity contribution in [3.63, 3.8) is 0 Å². The van der Waals surface area contributed by atoms with Crippen molar-refractivity contribution in [1.29, 1.82) is 0 Å². The monoisotopic (exact) mass is 474 g/mol. The summed E-state index contributed by atoms with van der Waals surface area (Å²) in [4.78, 5) is 0. The molecule has 3 heteroatoms. The molecular formula is C19H46AgBrN-4. The number of halogens is 1. The smallest absolute Gasteiger partial charge is 0 e. The van der Waals surface area contributed by atoms with E-state index in [9.17, 15) is 0 Å². The molecule has 0 saturated carbocycles. The van der Waals surface area contributed by atoms with E-state index in [4.69, 9.17) is 0 Å². The van der Waals surface area contributed by atoms with Gasteiger partial charge in [0.15, 0.2) is 0 Å². The van der Waals surface area contributed by atoms with Crippen molar-refractivity contribution in [1.82, 2.24) is 6.15 Å². The maximum atomic E-state index is 3.87. The Bertz CT molecular complexity index is 110. The topological polar surface area (TPSA) is 35.0 Å². The summed E-state index contributed by atoms with van der Waals surface area (Å²) in [5.41, 5.74) is 0. The van der Waals surface area contributed by atoms with Crippen LogP contribution in [0.25, 0.3) is 0 Å². The molecule has 0 aliphatic heterocycles. The van der Waals surface area contributed by atoms with Gasteiger partial charge in [-0.15, -0.1) is 17.0 Å². The number of hydrogen-bond donors (Lipinski definition) is 1. The molecule has 0 saturated heterocycles. The summed E-state index contributed by atoms with van der Waals surface area (Å²) in [6, 6.07) is 0. The Hall–Kier alpha value is 1.18. The van der Waals surface area contributed by atoms with Gasteiger partial charge in [-0.25, -0.2) is 0 Å². The van der Waals surface area contributed by atoms with Crippen molar-refractivity contribution in [2.75, 3.05) is 0 Å². The van der Waals surface area contributed by atoms with Crippen LogP contribution in [0.4, 0.5) is 0 Å². The second-order valence-electron chi connectivity index (χ2n) is 5.10. The van der Waals surface area contributed by atoms with Crippen LogP contribution in [-0.4, -0.2) is 0 Å². The maximum Gasteiger partial charge on any atom is 0 e. The molecular weight excluding hydrogens is 430 g/mol. The first-order valence-corrected chi connectivity index (χ1v) is 7.71. The van der Waals surface area contributed by atoms with E-state index in [1.54, 1.807) is 0 Å². The zero-order chi connectivity index (χ0) is 11.9. The number of hydrogen-bond acceptors (Lipinski definition) is 1. The second-order valence-corrected chi connectivity index (χ2v) is 5.10. The fourth-order valence-electron chi connectivity index (χ4n) is 2.19. The molecule has 0 aromatic heterocycles. The van der Waals surface area contributed by atoms with Gasteiger partial charge in [-0.05, 0) is 0 Å². The summed E-state index contributed by atoms with van der Waals surface area (Å²) < 4.78 is 0. The molecule has 0 aliphatic carbocycles. The minimum Gasteiger partial charge on any atom is -0.358 e. The van der Waals surface area contributed by atoms with Gasteiger partial charge in [0.1, 0.15) is 0 Å². The molecule has 1 nitrogen and oxygen atoms in total. The van der Waals surface area contributed by atoms with Gasteiger partial charge in [0.2, 0.25) is 0 Å². The summed E-state index contributed by atoms with van der Waals surface area (Å²) in [7, 11) is 0. The molecule has 0 aromatic carbocycles. The fraction of sp³-hybridized carbons (Fsp3) is 0.789. The van der Waals surface area contributed by atoms with Crippen LogP contribution in [0.2, 0.25) is 0 Å². The van der Waals surface area contributed by atoms with Gasteiger partial charge in [0.25, 0.3) is 0 Å². The van der Waals surface area contributed by atoms with Gasteiger partial charge in [-0.2, -0.15) is 6.42 Å². The van der Waals surface area contributed by atoms with Crippen LogP contribution in [0.15, 0.2) is 0 Å². The van der Waals surface area contributed by atoms with Crippen molar-refractivity contribution in [3.8, 4) is 0 Å². The van der Waals surface area contributed by atoms with Gasteiger partial charge in [0, 0.05) is 22.4 Å². The van der Waals surface area contributed by atoms with Crippen LogP contribution in [0.1, 0.15) is 96.8 Å². The molecule has 149 valence electrons. The molecule has 0 atom stereocenters. The minimum absolute atomic E-state index is 0. The minimum atomic E-state index is 0. The van der Waals surface area contributed by atoms with Gasteiger partial charge in [-0.3, -0.25) is 0 Å². The predicted octanol–water partition coefficient (Wildman–Crippen LogP) is 8.39. The van der Waals surface area contributed by atoms with Crippen LogP contribution in [-0.2, 0) is 22.4 Å². The van der Waals surface area contributed by atoms with Gasteiger partial charge in [0.05, 0.1) is 0 Å². The van der Waals surface area contributed by atoms with E-state index in [0.29, 0.717) is 0 Å². The van der Waals surface area contributed by atoms with Gasteiger partial charge >= 0.3 is 0 Å². The first kappa shape index (κ1) is 43.6. The molecule has 0 fully saturated rings. The number of rotatable bonds is 13. The van der Waals surface area contributed by atoms with Crippen molar-refractivity contribution in [3.05, 3.63) is 29.2 Å². The van der Waals surface area contributed by atoms with Gasteiger partial charge in [-0.1, -0.05) is 90.4 Å². The molecule has 0 bridgehead atoms. The molecule has 0 aliphatic rings. The second kappa shape index (κ2) is 43.2. The third-order valence-corrected chi connectivity index (χ3v) is 3.35. The van der Waals surface area contributed by atoms with Crippen LogP contribution >= 0.6 is 17.0 Å². The maximum absolute atomic E-state index is 3.87. The molecule has 22 heavy (non-hydrogen) atoms. The third kappa shape index (κ3) is 42.9. The molecule has 0 spiro atoms. The van der Waals surface area contributed by atoms with Crippen molar-refractivity contribution in [2.24, 2.45) is 0 Å². The Morgan fingerprint density at radius 3 is 1.00 bits per heavy atom. The average Bonchev–Trinajstić information content (AvgIpc) is 2.31. The van der Waals surface area contributed by atoms with Crippen LogP contribution in [0.5, 0.6) is 0 Å². The Labute approximate surface area is 171 Å². The zero-order valence-corrected chi connectivity index (χ0v) is 19.2. The SMILES string of the molecule is Br.N.[Ag].[CH2-]CCCCCCCCCCCCCCC.[CH3-].[CH3-].[CH3-]. The summed E-state index contributed by atoms with van der Waals surface area (Å²) in [6.45, 7) is 6.16. The molecule has 1 radical (unpaired) electrons. The van der Waals surface area contributed by atoms with E-state index in [1.807, 2.05) is 0 Å². The van der Waals surface area contributed by atoms with Crippen LogP contribution < -0.4 is 6.15 Å². The quantitative estimate of drug-likeness (QED) is 0.162. The molecule has 0 aromatic rings. The molecule has 3 N–H and O–H groups in total. The molecule has 0 rings (SSSR count). The van der Waals surface area contributed by atoms with E-state index < -0.39 is 0 Å². The van der Waals surface area contributed by atoms with E-state index >= 15 is 0 Å². The Balaban J connectivity index is -0.0000000750. The summed E-state index contributed by atoms with van der Waals surface area (Å²) >= 11 is 0. The zero-order valence-electron chi connectivity index (χ0n) is 16.0. The van der Waals surface area contributed by atoms with Crippen LogP contribution in [0.3, 0.4) is 0 Å². The first-order valence-electron chi connectivity index (χ1n) is 7.71. The Morgan fingerprint density at radius 1 is 0.545 bits per heavy atom. The van der Waals surface area contributed by atoms with Gasteiger partial charge < -0.3 is 35.4 Å². The molecule has 0 heterocycles. The van der Waals surface area contributed by atoms with E-state index in [-0.39, 0.29) is 67.8 Å². The largest absolute Gasteiger partial charge is 0.358 e. The summed E-state index contributed by atoms with van der Waals surface area (Å²) in [6.07, 6.45) is 19.8. The Morgan fingerprint density at radius 2 is 0.773 bits per heavy atom. The third-order valence-electron chi connectivity index (χ3n) is 3.35.